The second-order valence-corrected chi connectivity index (χ2v) is 17.2. The highest BCUT2D eigenvalue weighted by Gasteiger charge is 2.40. The molecule has 4 atom stereocenters. The van der Waals surface area contributed by atoms with E-state index in [1.54, 1.807) is 18.2 Å². The van der Waals surface area contributed by atoms with Gasteiger partial charge in [0, 0.05) is 24.3 Å². The Bertz CT molecular complexity index is 1990. The van der Waals surface area contributed by atoms with E-state index < -0.39 is 57.5 Å². The van der Waals surface area contributed by atoms with Crippen LogP contribution in [-0.2, 0) is 35.4 Å². The Kier molecular flexibility index (Phi) is 14.9. The topological polar surface area (TPSA) is 225 Å². The van der Waals surface area contributed by atoms with Crippen molar-refractivity contribution in [1.82, 2.24) is 46.8 Å². The fourth-order valence-corrected chi connectivity index (χ4v) is 9.20. The maximum absolute atomic E-state index is 14.5. The predicted molar refractivity (Wildman–Crippen MR) is 213 cm³/mol. The van der Waals surface area contributed by atoms with Crippen LogP contribution in [0.1, 0.15) is 86.8 Å². The van der Waals surface area contributed by atoms with Crippen LogP contribution < -0.4 is 21.3 Å². The molecule has 2 saturated heterocycles. The maximum Gasteiger partial charge on any atom is 0.246 e. The first kappa shape index (κ1) is 42.3. The van der Waals surface area contributed by atoms with Crippen LogP contribution in [0.3, 0.4) is 0 Å². The van der Waals surface area contributed by atoms with Gasteiger partial charge in [0.2, 0.25) is 35.2 Å². The molecule has 3 heterocycles. The fourth-order valence-electron chi connectivity index (χ4n) is 8.12. The zero-order chi connectivity index (χ0) is 40.9. The lowest BCUT2D eigenvalue weighted by Gasteiger charge is -2.31. The lowest BCUT2D eigenvalue weighted by Crippen LogP contribution is -2.58. The van der Waals surface area contributed by atoms with Crippen molar-refractivity contribution >= 4 is 39.2 Å². The molecule has 2 aliphatic heterocycles. The molecule has 3 fully saturated rings. The number of nitrogens with zero attached hydrogens (tertiary/aromatic N) is 4. The summed E-state index contributed by atoms with van der Waals surface area (Å²) < 4.78 is 25.7. The monoisotopic (exact) mass is 815 g/mol. The van der Waals surface area contributed by atoms with Crippen LogP contribution in [0.4, 0.5) is 0 Å². The smallest absolute Gasteiger partial charge is 0.246 e. The Hall–Kier alpha value is -5.29. The number of aromatic nitrogens is 4. The van der Waals surface area contributed by atoms with Gasteiger partial charge in [0.05, 0.1) is 10.9 Å². The number of aromatic amines is 1. The molecule has 4 amide bonds. The van der Waals surface area contributed by atoms with Crippen LogP contribution in [-0.4, -0.2) is 107 Å². The lowest BCUT2D eigenvalue weighted by atomic mass is 9.95. The molecule has 17 heteroatoms. The van der Waals surface area contributed by atoms with Gasteiger partial charge in [-0.3, -0.25) is 24.0 Å². The molecule has 5 N–H and O–H groups in total. The molecule has 1 aliphatic carbocycles. The molecule has 16 nitrogen and oxygen atoms in total. The maximum atomic E-state index is 14.5. The number of sulfone groups is 1. The summed E-state index contributed by atoms with van der Waals surface area (Å²) in [5.41, 5.74) is 0.772. The van der Waals surface area contributed by atoms with Gasteiger partial charge in [-0.1, -0.05) is 80.3 Å². The van der Waals surface area contributed by atoms with E-state index in [1.165, 1.54) is 23.1 Å². The van der Waals surface area contributed by atoms with Crippen molar-refractivity contribution in [1.29, 1.82) is 0 Å². The molecule has 58 heavy (non-hydrogen) atoms. The van der Waals surface area contributed by atoms with Crippen LogP contribution in [0, 0.1) is 11.8 Å². The average Bonchev–Trinajstić information content (AvgIpc) is 4.07. The molecule has 310 valence electrons. The zero-order valence-corrected chi connectivity index (χ0v) is 33.4. The first-order valence-corrected chi connectivity index (χ1v) is 21.8. The number of H-pyrrole nitrogens is 1. The molecule has 6 rings (SSSR count). The van der Waals surface area contributed by atoms with E-state index in [1.807, 2.05) is 30.3 Å². The van der Waals surface area contributed by atoms with Crippen molar-refractivity contribution in [3.8, 4) is 0 Å². The van der Waals surface area contributed by atoms with Gasteiger partial charge in [-0.2, -0.15) is 0 Å². The summed E-state index contributed by atoms with van der Waals surface area (Å²) in [5, 5.41) is 26.4. The van der Waals surface area contributed by atoms with Gasteiger partial charge in [0.15, 0.2) is 9.84 Å². The third-order valence-electron chi connectivity index (χ3n) is 11.3. The summed E-state index contributed by atoms with van der Waals surface area (Å²) in [6, 6.07) is 13.2. The summed E-state index contributed by atoms with van der Waals surface area (Å²) >= 11 is 0. The number of allylic oxidation sites excluding steroid dienone is 1. The highest BCUT2D eigenvalue weighted by Crippen LogP contribution is 2.30. The van der Waals surface area contributed by atoms with Crippen LogP contribution >= 0.6 is 0 Å². The Morgan fingerprint density at radius 1 is 0.810 bits per heavy atom. The average molecular weight is 816 g/mol. The number of ketones is 1. The summed E-state index contributed by atoms with van der Waals surface area (Å²) in [6.45, 7) is 1.60. The second kappa shape index (κ2) is 20.4. The van der Waals surface area contributed by atoms with Crippen molar-refractivity contribution in [2.75, 3.05) is 19.6 Å². The van der Waals surface area contributed by atoms with Crippen LogP contribution in [0.15, 0.2) is 77.0 Å². The zero-order valence-electron chi connectivity index (χ0n) is 32.6. The Morgan fingerprint density at radius 3 is 2.19 bits per heavy atom. The number of nitrogens with one attached hydrogen (secondary N) is 5. The number of carbonyl (C=O) groups is 5. The van der Waals surface area contributed by atoms with E-state index >= 15 is 0 Å². The van der Waals surface area contributed by atoms with Gasteiger partial charge in [-0.15, -0.1) is 5.10 Å². The second-order valence-electron chi connectivity index (χ2n) is 15.4. The van der Waals surface area contributed by atoms with Crippen molar-refractivity contribution < 1.29 is 32.4 Å². The fraction of sp³-hybridized carbons (Fsp3) is 0.512. The van der Waals surface area contributed by atoms with Crippen LogP contribution in [0.2, 0.25) is 0 Å². The van der Waals surface area contributed by atoms with E-state index in [0.29, 0.717) is 45.2 Å². The molecule has 0 unspecified atom stereocenters. The quantitative estimate of drug-likeness (QED) is 0.117. The standard InChI is InChI=1S/C41H53N9O7S/c51-36(37-46-48-49-47-37)33(26-28-14-7-8-15-28)44-40(54)35-19-11-24-50(35)41(55)34(27-29-12-3-1-4-13-29)45-39(53)32(43-38(52)30-20-22-42-23-21-30)18-9-10-25-58(56,57)31-16-5-2-6-17-31/h1-6,10,12-13,16-17,25,28,30,32-35,42H,7-9,11,14-15,18-24,26-27H2,(H,43,52)(H,44,54)(H,45,53)(H,46,47,48,49)/b25-10+/t32-,33-,34-,35-/m0/s1. The number of hydrogen-bond acceptors (Lipinski definition) is 11. The molecule has 1 aromatic heterocycles. The molecule has 3 aliphatic rings. The highest BCUT2D eigenvalue weighted by molar-refractivity contribution is 7.94. The van der Waals surface area contributed by atoms with E-state index in [-0.39, 0.29) is 54.3 Å². The molecule has 0 bridgehead atoms. The van der Waals surface area contributed by atoms with Gasteiger partial charge in [0.25, 0.3) is 0 Å². The first-order valence-electron chi connectivity index (χ1n) is 20.3. The number of amides is 4. The van der Waals surface area contributed by atoms with Crippen LogP contribution in [0.25, 0.3) is 0 Å². The van der Waals surface area contributed by atoms with E-state index in [0.717, 1.165) is 36.7 Å². The van der Waals surface area contributed by atoms with Gasteiger partial charge < -0.3 is 26.2 Å². The largest absolute Gasteiger partial charge is 0.344 e. The van der Waals surface area contributed by atoms with Crippen molar-refractivity contribution in [3.05, 3.63) is 83.5 Å². The van der Waals surface area contributed by atoms with Gasteiger partial charge >= 0.3 is 0 Å². The first-order chi connectivity index (χ1) is 28.1. The highest BCUT2D eigenvalue weighted by atomic mass is 32.2. The molecule has 1 saturated carbocycles. The minimum atomic E-state index is -3.72. The number of rotatable bonds is 18. The summed E-state index contributed by atoms with van der Waals surface area (Å²) in [6.07, 6.45) is 8.33. The molecule has 2 aromatic carbocycles. The Morgan fingerprint density at radius 2 is 1.50 bits per heavy atom. The minimum absolute atomic E-state index is 0.0524. The Labute approximate surface area is 338 Å². The third-order valence-corrected chi connectivity index (χ3v) is 12.8. The molecular weight excluding hydrogens is 763 g/mol. The van der Waals surface area contributed by atoms with Crippen molar-refractivity contribution in [2.24, 2.45) is 11.8 Å². The molecule has 0 radical (unpaired) electrons. The Balaban J connectivity index is 1.19. The van der Waals surface area contributed by atoms with E-state index in [4.69, 9.17) is 0 Å². The third kappa shape index (κ3) is 11.4. The molecule has 0 spiro atoms. The van der Waals surface area contributed by atoms with E-state index in [9.17, 15) is 32.4 Å². The number of benzene rings is 2. The minimum Gasteiger partial charge on any atom is -0.344 e. The molecular formula is C41H53N9O7S. The van der Waals surface area contributed by atoms with E-state index in [2.05, 4.69) is 41.9 Å². The summed E-state index contributed by atoms with van der Waals surface area (Å²) in [5.74, 6) is -2.35. The number of piperidine rings is 1. The summed E-state index contributed by atoms with van der Waals surface area (Å²) in [4.78, 5) is 71.3. The predicted octanol–water partition coefficient (Wildman–Crippen LogP) is 2.42. The van der Waals surface area contributed by atoms with Crippen molar-refractivity contribution in [3.63, 3.8) is 0 Å². The number of carbonyl (C=O) groups excluding carboxylic acids is 5. The number of tetrazole rings is 1. The number of hydrogen-bond donors (Lipinski definition) is 5. The van der Waals surface area contributed by atoms with Crippen molar-refractivity contribution in [2.45, 2.75) is 106 Å². The summed E-state index contributed by atoms with van der Waals surface area (Å²) in [7, 11) is -3.72. The van der Waals surface area contributed by atoms with Gasteiger partial charge in [-0.25, -0.2) is 13.5 Å². The lowest BCUT2D eigenvalue weighted by molar-refractivity contribution is -0.142. The van der Waals surface area contributed by atoms with Gasteiger partial charge in [-0.05, 0) is 92.1 Å². The number of Topliss-reactive ketones (excluding diaryl/α,β-unsaturated/α-hetero) is 1. The normalized spacial score (nSPS) is 19.4. The SMILES string of the molecule is O=C(N[C@@H](CC/C=C/S(=O)(=O)c1ccccc1)C(=O)N[C@@H](Cc1ccccc1)C(=O)N1CCC[C@H]1C(=O)N[C@@H](CC1CCCC1)C(=O)c1nnn[nH]1)C1CCNCC1. The number of likely N-dealkylation sites (tertiary alicyclic amines) is 1. The van der Waals surface area contributed by atoms with Gasteiger partial charge in [0.1, 0.15) is 18.1 Å². The molecule has 3 aromatic rings. The van der Waals surface area contributed by atoms with Crippen LogP contribution in [0.5, 0.6) is 0 Å².